The van der Waals surface area contributed by atoms with Gasteiger partial charge < -0.3 is 25.2 Å². The van der Waals surface area contributed by atoms with E-state index in [2.05, 4.69) is 25.5 Å². The molecule has 27 heavy (non-hydrogen) atoms. The summed E-state index contributed by atoms with van der Waals surface area (Å²) < 4.78 is 5.28. The number of hydrogen-bond acceptors (Lipinski definition) is 5. The van der Waals surface area contributed by atoms with Crippen LogP contribution in [0.1, 0.15) is 13.3 Å². The van der Waals surface area contributed by atoms with E-state index >= 15 is 0 Å². The van der Waals surface area contributed by atoms with Crippen LogP contribution in [0.25, 0.3) is 0 Å². The number of amides is 1. The van der Waals surface area contributed by atoms with Crippen LogP contribution >= 0.6 is 24.0 Å². The van der Waals surface area contributed by atoms with Gasteiger partial charge in [0.2, 0.25) is 5.91 Å². The number of ether oxygens (including phenoxy) is 1. The van der Waals surface area contributed by atoms with E-state index < -0.39 is 0 Å². The van der Waals surface area contributed by atoms with E-state index in [-0.39, 0.29) is 29.9 Å². The van der Waals surface area contributed by atoms with E-state index in [0.29, 0.717) is 38.7 Å². The molecule has 0 unspecified atom stereocenters. The van der Waals surface area contributed by atoms with Gasteiger partial charge in [0.1, 0.15) is 5.82 Å². The van der Waals surface area contributed by atoms with Crippen molar-refractivity contribution < 1.29 is 9.53 Å². The highest BCUT2D eigenvalue weighted by molar-refractivity contribution is 14.0. The summed E-state index contributed by atoms with van der Waals surface area (Å²) in [6.45, 7) is 7.66. The molecular formula is C18H31IN6O2. The zero-order valence-electron chi connectivity index (χ0n) is 16.2. The molecule has 0 radical (unpaired) electrons. The van der Waals surface area contributed by atoms with E-state index in [0.717, 1.165) is 32.0 Å². The van der Waals surface area contributed by atoms with Gasteiger partial charge in [-0.2, -0.15) is 0 Å². The van der Waals surface area contributed by atoms with Crippen molar-refractivity contribution in [3.63, 3.8) is 0 Å². The number of halogens is 1. The van der Waals surface area contributed by atoms with Gasteiger partial charge >= 0.3 is 0 Å². The van der Waals surface area contributed by atoms with Crippen molar-refractivity contribution in [1.29, 1.82) is 0 Å². The number of piperazine rings is 1. The van der Waals surface area contributed by atoms with Gasteiger partial charge in [0.25, 0.3) is 0 Å². The van der Waals surface area contributed by atoms with Gasteiger partial charge in [0.05, 0.1) is 6.61 Å². The first kappa shape index (κ1) is 23.4. The maximum Gasteiger partial charge on any atom is 0.224 e. The minimum Gasteiger partial charge on any atom is -0.380 e. The number of hydrogen-bond donors (Lipinski definition) is 2. The minimum absolute atomic E-state index is 0. The van der Waals surface area contributed by atoms with Gasteiger partial charge in [0.15, 0.2) is 5.96 Å². The molecule has 1 aliphatic rings. The highest BCUT2D eigenvalue weighted by atomic mass is 127. The molecule has 0 spiro atoms. The van der Waals surface area contributed by atoms with Crippen molar-refractivity contribution in [3.8, 4) is 0 Å². The predicted molar refractivity (Wildman–Crippen MR) is 119 cm³/mol. The van der Waals surface area contributed by atoms with Gasteiger partial charge in [-0.15, -0.1) is 24.0 Å². The van der Waals surface area contributed by atoms with E-state index in [1.165, 1.54) is 0 Å². The van der Waals surface area contributed by atoms with E-state index in [4.69, 9.17) is 4.74 Å². The molecule has 0 aliphatic carbocycles. The first-order valence-corrected chi connectivity index (χ1v) is 9.20. The van der Waals surface area contributed by atoms with Gasteiger partial charge in [-0.05, 0) is 19.1 Å². The van der Waals surface area contributed by atoms with Crippen molar-refractivity contribution in [2.75, 3.05) is 64.4 Å². The SMILES string of the molecule is CCOCCNC(=NC)NCCC(=O)N1CCN(c2ccccn2)CC1.I. The second-order valence-electron chi connectivity index (χ2n) is 5.93. The van der Waals surface area contributed by atoms with Gasteiger partial charge in [-0.25, -0.2) is 4.98 Å². The van der Waals surface area contributed by atoms with Crippen LogP contribution in [0, 0.1) is 0 Å². The second-order valence-corrected chi connectivity index (χ2v) is 5.93. The van der Waals surface area contributed by atoms with Gasteiger partial charge in [0, 0.05) is 65.5 Å². The van der Waals surface area contributed by atoms with Crippen LogP contribution in [-0.2, 0) is 9.53 Å². The monoisotopic (exact) mass is 490 g/mol. The Kier molecular flexibility index (Phi) is 11.7. The van der Waals surface area contributed by atoms with Gasteiger partial charge in [-0.1, -0.05) is 6.07 Å². The zero-order chi connectivity index (χ0) is 18.6. The molecule has 8 nitrogen and oxygen atoms in total. The lowest BCUT2D eigenvalue weighted by molar-refractivity contribution is -0.131. The number of guanidine groups is 1. The lowest BCUT2D eigenvalue weighted by atomic mass is 10.2. The quantitative estimate of drug-likeness (QED) is 0.245. The first-order chi connectivity index (χ1) is 12.7. The van der Waals surface area contributed by atoms with Gasteiger partial charge in [-0.3, -0.25) is 9.79 Å². The summed E-state index contributed by atoms with van der Waals surface area (Å²) in [5.41, 5.74) is 0. The Labute approximate surface area is 178 Å². The van der Waals surface area contributed by atoms with Crippen LogP contribution < -0.4 is 15.5 Å². The maximum atomic E-state index is 12.4. The number of rotatable bonds is 8. The summed E-state index contributed by atoms with van der Waals surface area (Å²) in [5, 5.41) is 6.32. The zero-order valence-corrected chi connectivity index (χ0v) is 18.5. The molecule has 0 bridgehead atoms. The second kappa shape index (κ2) is 13.5. The molecular weight excluding hydrogens is 459 g/mol. The first-order valence-electron chi connectivity index (χ1n) is 9.20. The third-order valence-corrected chi connectivity index (χ3v) is 4.20. The topological polar surface area (TPSA) is 82.1 Å². The number of pyridine rings is 1. The van der Waals surface area contributed by atoms with E-state index in [9.17, 15) is 4.79 Å². The average molecular weight is 490 g/mol. The smallest absolute Gasteiger partial charge is 0.224 e. The largest absolute Gasteiger partial charge is 0.380 e. The summed E-state index contributed by atoms with van der Waals surface area (Å²) in [7, 11) is 1.72. The van der Waals surface area contributed by atoms with Crippen molar-refractivity contribution in [1.82, 2.24) is 20.5 Å². The summed E-state index contributed by atoms with van der Waals surface area (Å²) in [5.74, 6) is 1.84. The summed E-state index contributed by atoms with van der Waals surface area (Å²) >= 11 is 0. The molecule has 1 aromatic rings. The predicted octanol–water partition coefficient (Wildman–Crippen LogP) is 0.940. The third kappa shape index (κ3) is 8.29. The lowest BCUT2D eigenvalue weighted by Gasteiger charge is -2.35. The lowest BCUT2D eigenvalue weighted by Crippen LogP contribution is -2.49. The Morgan fingerprint density at radius 3 is 2.59 bits per heavy atom. The van der Waals surface area contributed by atoms with Crippen molar-refractivity contribution in [3.05, 3.63) is 24.4 Å². The molecule has 1 aromatic heterocycles. The molecule has 0 saturated carbocycles. The molecule has 2 heterocycles. The molecule has 2 N–H and O–H groups in total. The van der Waals surface area contributed by atoms with Crippen LogP contribution in [0.5, 0.6) is 0 Å². The number of nitrogens with zero attached hydrogens (tertiary/aromatic N) is 4. The fraction of sp³-hybridized carbons (Fsp3) is 0.611. The Bertz CT molecular complexity index is 564. The van der Waals surface area contributed by atoms with Crippen LogP contribution in [0.4, 0.5) is 5.82 Å². The molecule has 0 atom stereocenters. The highest BCUT2D eigenvalue weighted by Gasteiger charge is 2.21. The molecule has 1 fully saturated rings. The Morgan fingerprint density at radius 2 is 1.96 bits per heavy atom. The Hall–Kier alpha value is -1.62. The van der Waals surface area contributed by atoms with E-state index in [1.807, 2.05) is 30.0 Å². The van der Waals surface area contributed by atoms with Crippen LogP contribution in [0.2, 0.25) is 0 Å². The fourth-order valence-electron chi connectivity index (χ4n) is 2.78. The van der Waals surface area contributed by atoms with Crippen molar-refractivity contribution in [2.24, 2.45) is 4.99 Å². The number of nitrogens with one attached hydrogen (secondary N) is 2. The maximum absolute atomic E-state index is 12.4. The number of anilines is 1. The summed E-state index contributed by atoms with van der Waals surface area (Å²) in [4.78, 5) is 25.0. The molecule has 152 valence electrons. The number of carbonyl (C=O) groups excluding carboxylic acids is 1. The highest BCUT2D eigenvalue weighted by Crippen LogP contribution is 2.12. The Balaban J connectivity index is 0.00000364. The van der Waals surface area contributed by atoms with Crippen LogP contribution in [0.3, 0.4) is 0 Å². The molecule has 1 amide bonds. The molecule has 0 aromatic carbocycles. The third-order valence-electron chi connectivity index (χ3n) is 4.20. The normalized spacial score (nSPS) is 14.5. The Morgan fingerprint density at radius 1 is 1.22 bits per heavy atom. The number of aliphatic imine (C=N–C) groups is 1. The number of aromatic nitrogens is 1. The van der Waals surface area contributed by atoms with Crippen molar-refractivity contribution >= 4 is 41.7 Å². The summed E-state index contributed by atoms with van der Waals surface area (Å²) in [6, 6.07) is 5.90. The average Bonchev–Trinajstić information content (AvgIpc) is 2.70. The number of carbonyl (C=O) groups is 1. The molecule has 1 aliphatic heterocycles. The van der Waals surface area contributed by atoms with Crippen LogP contribution in [0.15, 0.2) is 29.4 Å². The van der Waals surface area contributed by atoms with Crippen LogP contribution in [-0.4, -0.2) is 81.3 Å². The minimum atomic E-state index is 0. The van der Waals surface area contributed by atoms with Crippen molar-refractivity contribution in [2.45, 2.75) is 13.3 Å². The van der Waals surface area contributed by atoms with E-state index in [1.54, 1.807) is 13.2 Å². The standard InChI is InChI=1S/C18H30N6O2.HI/c1-3-26-15-10-22-18(19-2)21-9-7-17(25)24-13-11-23(12-14-24)16-6-4-5-8-20-16;/h4-6,8H,3,7,9-15H2,1-2H3,(H2,19,21,22);1H. The fourth-order valence-corrected chi connectivity index (χ4v) is 2.78. The summed E-state index contributed by atoms with van der Waals surface area (Å²) in [6.07, 6.45) is 2.25. The molecule has 1 saturated heterocycles. The molecule has 9 heteroatoms. The molecule has 2 rings (SSSR count).